The van der Waals surface area contributed by atoms with E-state index in [-0.39, 0.29) is 11.4 Å². The van der Waals surface area contributed by atoms with Gasteiger partial charge < -0.3 is 0 Å². The molecule has 0 bridgehead atoms. The molecule has 0 saturated heterocycles. The molecular weight excluding hydrogens is 353 g/mol. The number of nitro benzene ring substituents is 2. The predicted octanol–water partition coefficient (Wildman–Crippen LogP) is 4.77. The van der Waals surface area contributed by atoms with Crippen molar-refractivity contribution >= 4 is 23.0 Å². The maximum atomic E-state index is 12.6. The van der Waals surface area contributed by atoms with Crippen LogP contribution < -0.4 is 0 Å². The lowest BCUT2D eigenvalue weighted by Gasteiger charge is -2.10. The van der Waals surface area contributed by atoms with Gasteiger partial charge in [-0.1, -0.05) is 23.7 Å². The molecule has 0 aromatic heterocycles. The number of halogens is 4. The Bertz CT molecular complexity index is 824. The maximum Gasteiger partial charge on any atom is 0.416 e. The predicted molar refractivity (Wildman–Crippen MR) is 79.0 cm³/mol. The Hall–Kier alpha value is -2.68. The van der Waals surface area contributed by atoms with Crippen LogP contribution in [0.25, 0.3) is 0 Å². The quantitative estimate of drug-likeness (QED) is 0.580. The fourth-order valence-corrected chi connectivity index (χ4v) is 2.31. The van der Waals surface area contributed by atoms with Crippen LogP contribution in [-0.4, -0.2) is 9.85 Å². The summed E-state index contributed by atoms with van der Waals surface area (Å²) < 4.78 is 37.8. The van der Waals surface area contributed by atoms with Crippen LogP contribution in [0.15, 0.2) is 36.4 Å². The van der Waals surface area contributed by atoms with Crippen molar-refractivity contribution in [3.05, 3.63) is 78.3 Å². The van der Waals surface area contributed by atoms with E-state index in [0.717, 1.165) is 24.3 Å². The molecule has 0 saturated carbocycles. The van der Waals surface area contributed by atoms with Gasteiger partial charge >= 0.3 is 17.6 Å². The van der Waals surface area contributed by atoms with Gasteiger partial charge in [-0.05, 0) is 29.7 Å². The second-order valence-corrected chi connectivity index (χ2v) is 5.23. The van der Waals surface area contributed by atoms with Crippen LogP contribution in [0.3, 0.4) is 0 Å². The summed E-state index contributed by atoms with van der Waals surface area (Å²) in [7, 11) is 0. The van der Waals surface area contributed by atoms with Gasteiger partial charge in [0.2, 0.25) is 0 Å². The van der Waals surface area contributed by atoms with Crippen LogP contribution in [0.1, 0.15) is 16.7 Å². The average molecular weight is 361 g/mol. The van der Waals surface area contributed by atoms with E-state index in [1.807, 2.05) is 0 Å². The summed E-state index contributed by atoms with van der Waals surface area (Å²) in [5, 5.41) is 21.5. The van der Waals surface area contributed by atoms with Crippen molar-refractivity contribution < 1.29 is 23.0 Å². The van der Waals surface area contributed by atoms with Crippen LogP contribution in [-0.2, 0) is 12.6 Å². The second-order valence-electron chi connectivity index (χ2n) is 4.82. The van der Waals surface area contributed by atoms with Crippen molar-refractivity contribution in [3.8, 4) is 0 Å². The molecule has 126 valence electrons. The number of nitrogens with zero attached hydrogens (tertiary/aromatic N) is 2. The van der Waals surface area contributed by atoms with Crippen molar-refractivity contribution in [2.24, 2.45) is 0 Å². The number of rotatable bonds is 4. The highest BCUT2D eigenvalue weighted by atomic mass is 35.5. The van der Waals surface area contributed by atoms with Crippen molar-refractivity contribution in [3.63, 3.8) is 0 Å². The Balaban J connectivity index is 2.37. The Labute approximate surface area is 137 Å². The monoisotopic (exact) mass is 360 g/mol. The van der Waals surface area contributed by atoms with E-state index in [2.05, 4.69) is 0 Å². The highest BCUT2D eigenvalue weighted by molar-refractivity contribution is 6.31. The molecule has 6 nitrogen and oxygen atoms in total. The molecule has 0 amide bonds. The zero-order chi connectivity index (χ0) is 18.1. The van der Waals surface area contributed by atoms with Crippen LogP contribution in [0.5, 0.6) is 0 Å². The molecule has 0 heterocycles. The van der Waals surface area contributed by atoms with E-state index in [1.54, 1.807) is 0 Å². The fraction of sp³-hybridized carbons (Fsp3) is 0.143. The minimum Gasteiger partial charge on any atom is -0.258 e. The van der Waals surface area contributed by atoms with Crippen molar-refractivity contribution in [1.82, 2.24) is 0 Å². The number of alkyl halides is 3. The van der Waals surface area contributed by atoms with Gasteiger partial charge in [0.25, 0.3) is 0 Å². The Morgan fingerprint density at radius 1 is 0.958 bits per heavy atom. The summed E-state index contributed by atoms with van der Waals surface area (Å²) in [6.45, 7) is 0. The SMILES string of the molecule is O=[N+]([O-])c1ccc(Cc2ccc(C(F)(F)F)cc2Cl)cc1[N+](=O)[O-]. The summed E-state index contributed by atoms with van der Waals surface area (Å²) in [5.41, 5.74) is -1.64. The van der Waals surface area contributed by atoms with E-state index in [9.17, 15) is 33.4 Å². The minimum atomic E-state index is -4.53. The molecular formula is C14H8ClF3N2O4. The standard InChI is InChI=1S/C14H8ClF3N2O4/c15-11-7-10(14(16,17)18)3-2-9(11)5-8-1-4-12(19(21)22)13(6-8)20(23)24/h1-4,6-7H,5H2. The van der Waals surface area contributed by atoms with Gasteiger partial charge in [-0.15, -0.1) is 0 Å². The molecule has 0 aliphatic carbocycles. The minimum absolute atomic E-state index is 0.00416. The third-order valence-electron chi connectivity index (χ3n) is 3.21. The molecule has 0 spiro atoms. The topological polar surface area (TPSA) is 86.3 Å². The number of hydrogen-bond acceptors (Lipinski definition) is 4. The van der Waals surface area contributed by atoms with Crippen LogP contribution in [0.4, 0.5) is 24.5 Å². The van der Waals surface area contributed by atoms with Gasteiger partial charge in [0.1, 0.15) is 0 Å². The summed E-state index contributed by atoms with van der Waals surface area (Å²) in [5.74, 6) is 0. The third-order valence-corrected chi connectivity index (χ3v) is 3.56. The summed E-state index contributed by atoms with van der Waals surface area (Å²) in [4.78, 5) is 19.9. The zero-order valence-electron chi connectivity index (χ0n) is 11.7. The molecule has 2 aromatic rings. The molecule has 24 heavy (non-hydrogen) atoms. The van der Waals surface area contributed by atoms with Gasteiger partial charge in [-0.25, -0.2) is 0 Å². The van der Waals surface area contributed by atoms with Crippen LogP contribution in [0.2, 0.25) is 5.02 Å². The Morgan fingerprint density at radius 3 is 2.08 bits per heavy atom. The molecule has 0 atom stereocenters. The molecule has 0 unspecified atom stereocenters. The first-order valence-electron chi connectivity index (χ1n) is 6.37. The first kappa shape index (κ1) is 17.7. The normalized spacial score (nSPS) is 11.3. The molecule has 2 rings (SSSR count). The van der Waals surface area contributed by atoms with E-state index in [1.165, 1.54) is 12.1 Å². The highest BCUT2D eigenvalue weighted by Gasteiger charge is 2.31. The number of benzene rings is 2. The molecule has 10 heteroatoms. The first-order valence-corrected chi connectivity index (χ1v) is 6.74. The van der Waals surface area contributed by atoms with E-state index >= 15 is 0 Å². The summed E-state index contributed by atoms with van der Waals surface area (Å²) in [6.07, 6.45) is -4.54. The number of hydrogen-bond donors (Lipinski definition) is 0. The lowest BCUT2D eigenvalue weighted by Crippen LogP contribution is -2.05. The van der Waals surface area contributed by atoms with Gasteiger partial charge in [0.05, 0.1) is 15.4 Å². The second kappa shape index (κ2) is 6.44. The van der Waals surface area contributed by atoms with Crippen LogP contribution in [0, 0.1) is 20.2 Å². The first-order chi connectivity index (χ1) is 11.1. The smallest absolute Gasteiger partial charge is 0.258 e. The van der Waals surface area contributed by atoms with Gasteiger partial charge in [0.15, 0.2) is 0 Å². The van der Waals surface area contributed by atoms with Crippen molar-refractivity contribution in [2.45, 2.75) is 12.6 Å². The zero-order valence-corrected chi connectivity index (χ0v) is 12.5. The van der Waals surface area contributed by atoms with Gasteiger partial charge in [-0.3, -0.25) is 20.2 Å². The van der Waals surface area contributed by atoms with Crippen LogP contribution >= 0.6 is 11.6 Å². The fourth-order valence-electron chi connectivity index (χ4n) is 2.07. The number of nitro groups is 2. The molecule has 0 aliphatic heterocycles. The largest absolute Gasteiger partial charge is 0.416 e. The summed E-state index contributed by atoms with van der Waals surface area (Å²) in [6, 6.07) is 6.05. The van der Waals surface area contributed by atoms with Gasteiger partial charge in [-0.2, -0.15) is 13.2 Å². The molecule has 0 radical (unpaired) electrons. The molecule has 2 aromatic carbocycles. The summed E-state index contributed by atoms with van der Waals surface area (Å²) >= 11 is 5.83. The lowest BCUT2D eigenvalue weighted by atomic mass is 10.0. The van der Waals surface area contributed by atoms with Crippen molar-refractivity contribution in [1.29, 1.82) is 0 Å². The molecule has 0 aliphatic rings. The van der Waals surface area contributed by atoms with E-state index < -0.39 is 33.0 Å². The molecule has 0 fully saturated rings. The maximum absolute atomic E-state index is 12.6. The molecule has 0 N–H and O–H groups in total. The Kier molecular flexibility index (Phi) is 4.74. The van der Waals surface area contributed by atoms with E-state index in [4.69, 9.17) is 11.6 Å². The third kappa shape index (κ3) is 3.80. The highest BCUT2D eigenvalue weighted by Crippen LogP contribution is 2.33. The Morgan fingerprint density at radius 2 is 1.58 bits per heavy atom. The average Bonchev–Trinajstić information content (AvgIpc) is 2.47. The van der Waals surface area contributed by atoms with E-state index in [0.29, 0.717) is 11.1 Å². The van der Waals surface area contributed by atoms with Crippen molar-refractivity contribution in [2.75, 3.05) is 0 Å². The lowest BCUT2D eigenvalue weighted by molar-refractivity contribution is -0.422. The van der Waals surface area contributed by atoms with Gasteiger partial charge in [0, 0.05) is 17.2 Å².